The summed E-state index contributed by atoms with van der Waals surface area (Å²) < 4.78 is 13.1. The lowest BCUT2D eigenvalue weighted by molar-refractivity contribution is -0.113. The summed E-state index contributed by atoms with van der Waals surface area (Å²) in [5.41, 5.74) is 5.06. The second kappa shape index (κ2) is 11.1. The highest BCUT2D eigenvalue weighted by Crippen LogP contribution is 2.40. The summed E-state index contributed by atoms with van der Waals surface area (Å²) in [6.07, 6.45) is 1.02. The van der Waals surface area contributed by atoms with Crippen molar-refractivity contribution in [2.45, 2.75) is 52.2 Å². The molecule has 36 heavy (non-hydrogen) atoms. The maximum atomic E-state index is 13.8. The van der Waals surface area contributed by atoms with E-state index in [9.17, 15) is 4.79 Å². The zero-order chi connectivity index (χ0) is 25.8. The minimum atomic E-state index is -0.499. The van der Waals surface area contributed by atoms with Gasteiger partial charge in [-0.15, -0.1) is 5.10 Å². The number of benzene rings is 2. The molecule has 0 saturated heterocycles. The summed E-state index contributed by atoms with van der Waals surface area (Å²) in [4.78, 5) is 18.5. The Morgan fingerprint density at radius 2 is 1.94 bits per heavy atom. The van der Waals surface area contributed by atoms with Crippen LogP contribution >= 0.6 is 11.8 Å². The Bertz CT molecular complexity index is 1300. The third-order valence-electron chi connectivity index (χ3n) is 5.95. The SMILES string of the molecule is CCCSc1nc2n(n1)C(c1ccc(OC)c(OCC)c1)C(C(=O)Nc1ccc(C)cc1C)=C(C)N2. The van der Waals surface area contributed by atoms with Gasteiger partial charge in [-0.05, 0) is 63.4 Å². The summed E-state index contributed by atoms with van der Waals surface area (Å²) in [5, 5.41) is 11.9. The van der Waals surface area contributed by atoms with E-state index < -0.39 is 6.04 Å². The molecule has 0 aliphatic carbocycles. The van der Waals surface area contributed by atoms with Gasteiger partial charge >= 0.3 is 0 Å². The Hall–Kier alpha value is -3.46. The Kier molecular flexibility index (Phi) is 7.88. The van der Waals surface area contributed by atoms with Crippen LogP contribution in [0.4, 0.5) is 11.6 Å². The molecule has 0 saturated carbocycles. The molecule has 3 aromatic rings. The summed E-state index contributed by atoms with van der Waals surface area (Å²) >= 11 is 1.60. The molecule has 1 amide bonds. The molecule has 0 radical (unpaired) electrons. The number of aromatic nitrogens is 3. The van der Waals surface area contributed by atoms with Gasteiger partial charge in [0.1, 0.15) is 6.04 Å². The molecule has 1 aliphatic heterocycles. The maximum absolute atomic E-state index is 13.8. The van der Waals surface area contributed by atoms with Gasteiger partial charge in [-0.25, -0.2) is 4.68 Å². The maximum Gasteiger partial charge on any atom is 0.255 e. The first-order chi connectivity index (χ1) is 17.4. The van der Waals surface area contributed by atoms with E-state index in [0.29, 0.717) is 34.8 Å². The summed E-state index contributed by atoms with van der Waals surface area (Å²) in [6, 6.07) is 11.2. The molecule has 2 N–H and O–H groups in total. The van der Waals surface area contributed by atoms with Gasteiger partial charge in [-0.2, -0.15) is 4.98 Å². The fourth-order valence-electron chi connectivity index (χ4n) is 4.26. The first kappa shape index (κ1) is 25.6. The van der Waals surface area contributed by atoms with Crippen LogP contribution in [0.5, 0.6) is 11.5 Å². The Morgan fingerprint density at radius 3 is 2.64 bits per heavy atom. The number of hydrogen-bond donors (Lipinski definition) is 2. The predicted octanol–water partition coefficient (Wildman–Crippen LogP) is 5.73. The molecule has 0 bridgehead atoms. The average molecular weight is 508 g/mol. The molecule has 4 rings (SSSR count). The molecular formula is C27H33N5O3S. The van der Waals surface area contributed by atoms with Gasteiger partial charge in [0.05, 0.1) is 19.3 Å². The Balaban J connectivity index is 1.80. The molecule has 8 nitrogen and oxygen atoms in total. The number of anilines is 2. The van der Waals surface area contributed by atoms with Crippen molar-refractivity contribution in [3.8, 4) is 11.5 Å². The third kappa shape index (κ3) is 5.21. The number of nitrogens with zero attached hydrogens (tertiary/aromatic N) is 3. The Labute approximate surface area is 216 Å². The summed E-state index contributed by atoms with van der Waals surface area (Å²) in [6.45, 7) is 10.5. The molecule has 1 atom stereocenters. The van der Waals surface area contributed by atoms with E-state index in [1.54, 1.807) is 23.6 Å². The van der Waals surface area contributed by atoms with Crippen LogP contribution in [0.1, 0.15) is 49.9 Å². The number of methoxy groups -OCH3 is 1. The Morgan fingerprint density at radius 1 is 1.14 bits per heavy atom. The van der Waals surface area contributed by atoms with Gasteiger partial charge in [0.2, 0.25) is 11.1 Å². The minimum Gasteiger partial charge on any atom is -0.493 e. The monoisotopic (exact) mass is 507 g/mol. The molecule has 2 aromatic carbocycles. The fraction of sp³-hybridized carbons (Fsp3) is 0.370. The first-order valence-electron chi connectivity index (χ1n) is 12.1. The number of fused-ring (bicyclic) bond motifs is 1. The van der Waals surface area contributed by atoms with Gasteiger partial charge in [0.15, 0.2) is 11.5 Å². The molecule has 190 valence electrons. The topological polar surface area (TPSA) is 90.3 Å². The van der Waals surface area contributed by atoms with Crippen molar-refractivity contribution in [2.75, 3.05) is 30.1 Å². The smallest absolute Gasteiger partial charge is 0.255 e. The first-order valence-corrected chi connectivity index (χ1v) is 13.1. The number of hydrogen-bond acceptors (Lipinski definition) is 7. The molecule has 0 fully saturated rings. The number of aryl methyl sites for hydroxylation is 2. The lowest BCUT2D eigenvalue weighted by atomic mass is 9.94. The molecule has 0 spiro atoms. The van der Waals surface area contributed by atoms with Crippen molar-refractivity contribution in [3.05, 3.63) is 64.4 Å². The van der Waals surface area contributed by atoms with Crippen molar-refractivity contribution in [3.63, 3.8) is 0 Å². The van der Waals surface area contributed by atoms with E-state index in [1.807, 2.05) is 58.0 Å². The molecular weight excluding hydrogens is 474 g/mol. The van der Waals surface area contributed by atoms with Crippen LogP contribution < -0.4 is 20.1 Å². The van der Waals surface area contributed by atoms with Crippen LogP contribution in [0.3, 0.4) is 0 Å². The van der Waals surface area contributed by atoms with Crippen LogP contribution in [-0.2, 0) is 4.79 Å². The zero-order valence-electron chi connectivity index (χ0n) is 21.6. The van der Waals surface area contributed by atoms with Crippen LogP contribution in [0.25, 0.3) is 0 Å². The third-order valence-corrected chi connectivity index (χ3v) is 6.99. The number of nitrogens with one attached hydrogen (secondary N) is 2. The minimum absolute atomic E-state index is 0.199. The van der Waals surface area contributed by atoms with E-state index >= 15 is 0 Å². The van der Waals surface area contributed by atoms with Crippen LogP contribution in [-0.4, -0.2) is 40.1 Å². The molecule has 9 heteroatoms. The predicted molar refractivity (Wildman–Crippen MR) is 144 cm³/mol. The highest BCUT2D eigenvalue weighted by atomic mass is 32.2. The van der Waals surface area contributed by atoms with Gasteiger partial charge in [-0.3, -0.25) is 4.79 Å². The average Bonchev–Trinajstić information content (AvgIpc) is 3.26. The number of carbonyl (C=O) groups excluding carboxylic acids is 1. The number of thioether (sulfide) groups is 1. The van der Waals surface area contributed by atoms with Crippen LogP contribution in [0, 0.1) is 13.8 Å². The highest BCUT2D eigenvalue weighted by Gasteiger charge is 2.35. The van der Waals surface area contributed by atoms with Gasteiger partial charge in [-0.1, -0.05) is 42.4 Å². The van der Waals surface area contributed by atoms with Crippen molar-refractivity contribution >= 4 is 29.3 Å². The molecule has 2 heterocycles. The summed E-state index contributed by atoms with van der Waals surface area (Å²) in [5.74, 6) is 2.57. The van der Waals surface area contributed by atoms with Crippen molar-refractivity contribution < 1.29 is 14.3 Å². The van der Waals surface area contributed by atoms with E-state index in [-0.39, 0.29) is 5.91 Å². The second-order valence-corrected chi connectivity index (χ2v) is 9.76. The number of allylic oxidation sites excluding steroid dienone is 1. The van der Waals surface area contributed by atoms with Crippen molar-refractivity contribution in [1.29, 1.82) is 0 Å². The number of amides is 1. The number of ether oxygens (including phenoxy) is 2. The standard InChI is InChI=1S/C27H33N5O3S/c1-7-13-36-27-30-26-28-18(5)23(25(33)29-20-11-9-16(3)14-17(20)4)24(32(26)31-27)19-10-12-21(34-6)22(15-19)35-8-2/h9-12,14-15,24H,7-8,13H2,1-6H3,(H,29,33)(H,28,30,31). The quantitative estimate of drug-likeness (QED) is 0.357. The second-order valence-electron chi connectivity index (χ2n) is 8.69. The number of carbonyl (C=O) groups is 1. The summed E-state index contributed by atoms with van der Waals surface area (Å²) in [7, 11) is 1.61. The van der Waals surface area contributed by atoms with Gasteiger partial charge in [0.25, 0.3) is 5.91 Å². The number of rotatable bonds is 9. The largest absolute Gasteiger partial charge is 0.493 e. The highest BCUT2D eigenvalue weighted by molar-refractivity contribution is 7.99. The molecule has 1 unspecified atom stereocenters. The van der Waals surface area contributed by atoms with E-state index in [2.05, 4.69) is 23.6 Å². The van der Waals surface area contributed by atoms with E-state index in [1.165, 1.54) is 0 Å². The van der Waals surface area contributed by atoms with Crippen LogP contribution in [0.2, 0.25) is 0 Å². The lowest BCUT2D eigenvalue weighted by Gasteiger charge is -2.29. The fourth-order valence-corrected chi connectivity index (χ4v) is 4.95. The van der Waals surface area contributed by atoms with Crippen LogP contribution in [0.15, 0.2) is 52.8 Å². The molecule has 1 aromatic heterocycles. The van der Waals surface area contributed by atoms with Gasteiger partial charge in [0, 0.05) is 17.1 Å². The zero-order valence-corrected chi connectivity index (χ0v) is 22.5. The van der Waals surface area contributed by atoms with Gasteiger partial charge < -0.3 is 20.1 Å². The van der Waals surface area contributed by atoms with Crippen molar-refractivity contribution in [1.82, 2.24) is 14.8 Å². The normalized spacial score (nSPS) is 14.8. The van der Waals surface area contributed by atoms with Crippen molar-refractivity contribution in [2.24, 2.45) is 0 Å². The lowest BCUT2D eigenvalue weighted by Crippen LogP contribution is -2.31. The van der Waals surface area contributed by atoms with E-state index in [0.717, 1.165) is 40.2 Å². The van der Waals surface area contributed by atoms with E-state index in [4.69, 9.17) is 19.6 Å². The molecule has 1 aliphatic rings.